The molecule has 0 radical (unpaired) electrons. The summed E-state index contributed by atoms with van der Waals surface area (Å²) in [5, 5.41) is 17.0. The van der Waals surface area contributed by atoms with Gasteiger partial charge in [0.25, 0.3) is 0 Å². The molecule has 6 nitrogen and oxygen atoms in total. The molecule has 70 valence electrons. The first-order chi connectivity index (χ1) is 6.77. The summed E-state index contributed by atoms with van der Waals surface area (Å²) in [6, 6.07) is 3.87. The maximum absolute atomic E-state index is 8.51. The molecule has 0 aliphatic heterocycles. The van der Waals surface area contributed by atoms with Crippen molar-refractivity contribution in [2.45, 2.75) is 0 Å². The second kappa shape index (κ2) is 4.63. The van der Waals surface area contributed by atoms with E-state index in [-0.39, 0.29) is 18.9 Å². The van der Waals surface area contributed by atoms with Gasteiger partial charge < -0.3 is 10.6 Å². The van der Waals surface area contributed by atoms with E-state index in [0.717, 1.165) is 0 Å². The van der Waals surface area contributed by atoms with E-state index in [1.165, 1.54) is 17.3 Å². The summed E-state index contributed by atoms with van der Waals surface area (Å²) in [6.45, 7) is 0.178. The first kappa shape index (κ1) is 9.75. The molecular weight excluding hydrogens is 180 g/mol. The molecule has 0 unspecified atom stereocenters. The van der Waals surface area contributed by atoms with Gasteiger partial charge in [0.05, 0.1) is 24.5 Å². The van der Waals surface area contributed by atoms with Crippen molar-refractivity contribution >= 4 is 11.6 Å². The Morgan fingerprint density at radius 1 is 1.29 bits per heavy atom. The van der Waals surface area contributed by atoms with Crippen molar-refractivity contribution in [2.24, 2.45) is 0 Å². The standard InChI is InChI=1S/C8H8N6/c9-1-3-14(4-2-10)8-6-12-5-7(11)13-8/h5-6H,3-4H2,(H2,11,13). The molecule has 0 fully saturated rings. The summed E-state index contributed by atoms with van der Waals surface area (Å²) in [6.07, 6.45) is 2.87. The van der Waals surface area contributed by atoms with Gasteiger partial charge >= 0.3 is 0 Å². The highest BCUT2D eigenvalue weighted by Gasteiger charge is 2.06. The second-order valence-corrected chi connectivity index (χ2v) is 2.47. The lowest BCUT2D eigenvalue weighted by atomic mass is 10.4. The van der Waals surface area contributed by atoms with Gasteiger partial charge in [0, 0.05) is 0 Å². The van der Waals surface area contributed by atoms with Crippen LogP contribution in [0.2, 0.25) is 0 Å². The summed E-state index contributed by atoms with van der Waals surface area (Å²) in [7, 11) is 0. The molecule has 1 aromatic rings. The number of nitrogens with zero attached hydrogens (tertiary/aromatic N) is 5. The van der Waals surface area contributed by atoms with Crippen LogP contribution in [0.5, 0.6) is 0 Å². The molecule has 14 heavy (non-hydrogen) atoms. The second-order valence-electron chi connectivity index (χ2n) is 2.47. The summed E-state index contributed by atoms with van der Waals surface area (Å²) < 4.78 is 0. The monoisotopic (exact) mass is 188 g/mol. The Balaban J connectivity index is 2.89. The zero-order valence-electron chi connectivity index (χ0n) is 7.38. The lowest BCUT2D eigenvalue weighted by Crippen LogP contribution is -2.25. The minimum atomic E-state index is 0.0890. The normalized spacial score (nSPS) is 8.71. The molecule has 0 atom stereocenters. The zero-order chi connectivity index (χ0) is 10.4. The molecule has 1 aromatic heterocycles. The van der Waals surface area contributed by atoms with Crippen LogP contribution in [0, 0.1) is 22.7 Å². The Morgan fingerprint density at radius 3 is 2.43 bits per heavy atom. The van der Waals surface area contributed by atoms with Gasteiger partial charge in [0.1, 0.15) is 18.9 Å². The van der Waals surface area contributed by atoms with Crippen LogP contribution < -0.4 is 10.6 Å². The first-order valence-corrected chi connectivity index (χ1v) is 3.84. The lowest BCUT2D eigenvalue weighted by Gasteiger charge is -2.15. The van der Waals surface area contributed by atoms with E-state index in [2.05, 4.69) is 9.97 Å². The van der Waals surface area contributed by atoms with Crippen molar-refractivity contribution < 1.29 is 0 Å². The molecule has 0 spiro atoms. The van der Waals surface area contributed by atoms with E-state index >= 15 is 0 Å². The number of hydrogen-bond donors (Lipinski definition) is 1. The Bertz CT molecular complexity index is 372. The molecule has 0 aliphatic rings. The van der Waals surface area contributed by atoms with Crippen LogP contribution in [0.3, 0.4) is 0 Å². The number of aromatic nitrogens is 2. The average molecular weight is 188 g/mol. The van der Waals surface area contributed by atoms with Gasteiger partial charge in [-0.25, -0.2) is 4.98 Å². The zero-order valence-corrected chi connectivity index (χ0v) is 7.38. The van der Waals surface area contributed by atoms with Gasteiger partial charge in [-0.1, -0.05) is 0 Å². The molecular formula is C8H8N6. The molecule has 0 aromatic carbocycles. The highest BCUT2D eigenvalue weighted by atomic mass is 15.2. The SMILES string of the molecule is N#CCN(CC#N)c1cncc(N)n1. The number of hydrogen-bond acceptors (Lipinski definition) is 6. The van der Waals surface area contributed by atoms with Crippen molar-refractivity contribution in [1.29, 1.82) is 10.5 Å². The van der Waals surface area contributed by atoms with Gasteiger partial charge in [-0.2, -0.15) is 10.5 Å². The molecule has 0 saturated carbocycles. The minimum Gasteiger partial charge on any atom is -0.382 e. The number of nitrogens with two attached hydrogens (primary N) is 1. The van der Waals surface area contributed by atoms with Crippen LogP contribution in [0.4, 0.5) is 11.6 Å². The number of rotatable bonds is 3. The predicted octanol–water partition coefficient (Wildman–Crippen LogP) is -0.0876. The van der Waals surface area contributed by atoms with Crippen molar-refractivity contribution in [3.05, 3.63) is 12.4 Å². The fraction of sp³-hybridized carbons (Fsp3) is 0.250. The van der Waals surface area contributed by atoms with Gasteiger partial charge in [-0.3, -0.25) is 4.98 Å². The van der Waals surface area contributed by atoms with E-state index < -0.39 is 0 Å². The quantitative estimate of drug-likeness (QED) is 0.665. The van der Waals surface area contributed by atoms with Crippen LogP contribution in [0.25, 0.3) is 0 Å². The number of anilines is 2. The third-order valence-electron chi connectivity index (χ3n) is 1.49. The molecule has 2 N–H and O–H groups in total. The third-order valence-corrected chi connectivity index (χ3v) is 1.49. The highest BCUT2D eigenvalue weighted by Crippen LogP contribution is 2.09. The van der Waals surface area contributed by atoms with Crippen LogP contribution >= 0.6 is 0 Å². The summed E-state index contributed by atoms with van der Waals surface area (Å²) >= 11 is 0. The molecule has 6 heteroatoms. The van der Waals surface area contributed by atoms with E-state index in [1.807, 2.05) is 12.1 Å². The minimum absolute atomic E-state index is 0.0890. The van der Waals surface area contributed by atoms with E-state index in [1.54, 1.807) is 0 Å². The molecule has 1 rings (SSSR count). The Kier molecular flexibility index (Phi) is 3.22. The number of nitrogen functional groups attached to an aromatic ring is 1. The smallest absolute Gasteiger partial charge is 0.151 e. The fourth-order valence-corrected chi connectivity index (χ4v) is 0.911. The Morgan fingerprint density at radius 2 is 1.93 bits per heavy atom. The van der Waals surface area contributed by atoms with Gasteiger partial charge in [0.15, 0.2) is 5.82 Å². The van der Waals surface area contributed by atoms with Crippen LogP contribution in [0.1, 0.15) is 0 Å². The molecule has 0 bridgehead atoms. The molecule has 0 saturated heterocycles. The predicted molar refractivity (Wildman–Crippen MR) is 49.9 cm³/mol. The van der Waals surface area contributed by atoms with E-state index in [4.69, 9.17) is 16.3 Å². The number of nitriles is 2. The highest BCUT2D eigenvalue weighted by molar-refractivity contribution is 5.43. The van der Waals surface area contributed by atoms with Crippen molar-refractivity contribution in [2.75, 3.05) is 23.7 Å². The van der Waals surface area contributed by atoms with Crippen LogP contribution in [-0.4, -0.2) is 23.1 Å². The summed E-state index contributed by atoms with van der Waals surface area (Å²) in [5.74, 6) is 0.705. The third kappa shape index (κ3) is 2.32. The lowest BCUT2D eigenvalue weighted by molar-refractivity contribution is 0.927. The Hall–Kier alpha value is -2.34. The van der Waals surface area contributed by atoms with E-state index in [0.29, 0.717) is 5.82 Å². The summed E-state index contributed by atoms with van der Waals surface area (Å²) in [5.41, 5.74) is 5.42. The van der Waals surface area contributed by atoms with Gasteiger partial charge in [-0.05, 0) is 0 Å². The first-order valence-electron chi connectivity index (χ1n) is 3.84. The largest absolute Gasteiger partial charge is 0.382 e. The van der Waals surface area contributed by atoms with Crippen molar-refractivity contribution in [3.63, 3.8) is 0 Å². The average Bonchev–Trinajstić information content (AvgIpc) is 2.17. The summed E-state index contributed by atoms with van der Waals surface area (Å²) in [4.78, 5) is 9.26. The van der Waals surface area contributed by atoms with Crippen molar-refractivity contribution in [3.8, 4) is 12.1 Å². The van der Waals surface area contributed by atoms with Crippen molar-refractivity contribution in [1.82, 2.24) is 9.97 Å². The molecule has 0 aliphatic carbocycles. The maximum atomic E-state index is 8.51. The Labute approximate surface area is 81.2 Å². The fourth-order valence-electron chi connectivity index (χ4n) is 0.911. The van der Waals surface area contributed by atoms with Gasteiger partial charge in [-0.15, -0.1) is 0 Å². The van der Waals surface area contributed by atoms with Gasteiger partial charge in [0.2, 0.25) is 0 Å². The van der Waals surface area contributed by atoms with Crippen LogP contribution in [0.15, 0.2) is 12.4 Å². The topological polar surface area (TPSA) is 103 Å². The molecule has 0 amide bonds. The van der Waals surface area contributed by atoms with Crippen LogP contribution in [-0.2, 0) is 0 Å². The maximum Gasteiger partial charge on any atom is 0.151 e. The molecule has 1 heterocycles. The van der Waals surface area contributed by atoms with E-state index in [9.17, 15) is 0 Å².